The number of halogens is 3. The van der Waals surface area contributed by atoms with Crippen molar-refractivity contribution in [1.82, 2.24) is 20.3 Å². The van der Waals surface area contributed by atoms with Crippen LogP contribution in [-0.4, -0.2) is 33.5 Å². The molecule has 5 rings (SSSR count). The number of aromatic amines is 1. The summed E-state index contributed by atoms with van der Waals surface area (Å²) in [7, 11) is 0. The van der Waals surface area contributed by atoms with E-state index in [1.165, 1.54) is 0 Å². The molecule has 9 heteroatoms. The topological polar surface area (TPSA) is 79.9 Å². The van der Waals surface area contributed by atoms with Crippen molar-refractivity contribution in [1.29, 1.82) is 0 Å². The fourth-order valence-corrected chi connectivity index (χ4v) is 3.99. The molecule has 4 aromatic rings. The molecule has 0 radical (unpaired) electrons. The fourth-order valence-electron chi connectivity index (χ4n) is 3.99. The summed E-state index contributed by atoms with van der Waals surface area (Å²) in [5.41, 5.74) is 2.68. The number of ether oxygens (including phenoxy) is 1. The number of hydrogen-bond acceptors (Lipinski definition) is 4. The summed E-state index contributed by atoms with van der Waals surface area (Å²) in [4.78, 5) is 22.0. The van der Waals surface area contributed by atoms with Crippen LogP contribution in [0.1, 0.15) is 19.2 Å². The SMILES string of the molecule is C[C@@H](Oc1cc(-c2ccc3[nH]c(C(F)(F)F)nc3c2)cc2ncccc12)C1CNC(=O)C1. The van der Waals surface area contributed by atoms with E-state index in [2.05, 4.69) is 20.3 Å². The number of amides is 1. The van der Waals surface area contributed by atoms with Gasteiger partial charge in [0, 0.05) is 30.5 Å². The van der Waals surface area contributed by atoms with Crippen molar-refractivity contribution in [3.63, 3.8) is 0 Å². The molecule has 2 aromatic carbocycles. The summed E-state index contributed by atoms with van der Waals surface area (Å²) in [5.74, 6) is -0.353. The van der Waals surface area contributed by atoms with E-state index in [1.54, 1.807) is 24.4 Å². The van der Waals surface area contributed by atoms with Gasteiger partial charge in [0.05, 0.1) is 16.6 Å². The Kier molecular flexibility index (Phi) is 4.76. The van der Waals surface area contributed by atoms with E-state index in [4.69, 9.17) is 4.74 Å². The van der Waals surface area contributed by atoms with Crippen molar-refractivity contribution in [3.05, 3.63) is 54.5 Å². The average Bonchev–Trinajstić information content (AvgIpc) is 3.39. The van der Waals surface area contributed by atoms with Gasteiger partial charge in [0.25, 0.3) is 0 Å². The Morgan fingerprint density at radius 3 is 2.69 bits per heavy atom. The first-order valence-corrected chi connectivity index (χ1v) is 10.2. The Hall–Kier alpha value is -3.62. The minimum absolute atomic E-state index is 0.0104. The summed E-state index contributed by atoms with van der Waals surface area (Å²) < 4.78 is 45.3. The molecule has 32 heavy (non-hydrogen) atoms. The average molecular weight is 440 g/mol. The van der Waals surface area contributed by atoms with Crippen LogP contribution in [-0.2, 0) is 11.0 Å². The summed E-state index contributed by atoms with van der Waals surface area (Å²) >= 11 is 0. The van der Waals surface area contributed by atoms with Crippen LogP contribution in [0.15, 0.2) is 48.7 Å². The maximum absolute atomic E-state index is 13.0. The number of rotatable bonds is 4. The number of aromatic nitrogens is 3. The van der Waals surface area contributed by atoms with E-state index in [1.807, 2.05) is 31.2 Å². The third-order valence-corrected chi connectivity index (χ3v) is 5.75. The van der Waals surface area contributed by atoms with Crippen LogP contribution in [0.3, 0.4) is 0 Å². The zero-order valence-electron chi connectivity index (χ0n) is 17.0. The zero-order valence-corrected chi connectivity index (χ0v) is 17.0. The highest BCUT2D eigenvalue weighted by molar-refractivity contribution is 5.91. The van der Waals surface area contributed by atoms with Gasteiger partial charge in [-0.2, -0.15) is 13.2 Å². The molecule has 2 aromatic heterocycles. The summed E-state index contributed by atoms with van der Waals surface area (Å²) in [6, 6.07) is 12.4. The lowest BCUT2D eigenvalue weighted by Crippen LogP contribution is -2.25. The van der Waals surface area contributed by atoms with Gasteiger partial charge in [-0.15, -0.1) is 0 Å². The number of pyridine rings is 1. The lowest BCUT2D eigenvalue weighted by Gasteiger charge is -2.21. The maximum Gasteiger partial charge on any atom is 0.449 e. The van der Waals surface area contributed by atoms with Gasteiger partial charge >= 0.3 is 6.18 Å². The quantitative estimate of drug-likeness (QED) is 0.482. The van der Waals surface area contributed by atoms with Crippen LogP contribution in [0.4, 0.5) is 13.2 Å². The Balaban J connectivity index is 1.55. The van der Waals surface area contributed by atoms with Crippen LogP contribution >= 0.6 is 0 Å². The largest absolute Gasteiger partial charge is 0.490 e. The number of nitrogens with zero attached hydrogens (tertiary/aromatic N) is 2. The highest BCUT2D eigenvalue weighted by atomic mass is 19.4. The molecule has 1 amide bonds. The predicted molar refractivity (Wildman–Crippen MR) is 113 cm³/mol. The van der Waals surface area contributed by atoms with Crippen molar-refractivity contribution in [2.75, 3.05) is 6.54 Å². The standard InChI is InChI=1S/C23H19F3N4O2/c1-12(15-10-21(31)28-11-15)32-20-9-14(8-18-16(20)3-2-6-27-18)13-4-5-17-19(7-13)30-22(29-17)23(24,25)26/h2-9,12,15H,10-11H2,1H3,(H,28,31)(H,29,30)/t12-,15?/m1/s1. The van der Waals surface area contributed by atoms with Crippen LogP contribution in [0, 0.1) is 5.92 Å². The van der Waals surface area contributed by atoms with Crippen LogP contribution in [0.25, 0.3) is 33.1 Å². The molecule has 0 bridgehead atoms. The molecule has 0 spiro atoms. The molecule has 3 heterocycles. The van der Waals surface area contributed by atoms with Crippen molar-refractivity contribution < 1.29 is 22.7 Å². The highest BCUT2D eigenvalue weighted by Crippen LogP contribution is 2.35. The van der Waals surface area contributed by atoms with Gasteiger partial charge in [-0.3, -0.25) is 9.78 Å². The van der Waals surface area contributed by atoms with Crippen LogP contribution in [0.5, 0.6) is 5.75 Å². The second-order valence-corrected chi connectivity index (χ2v) is 7.95. The molecule has 0 saturated carbocycles. The number of alkyl halides is 3. The summed E-state index contributed by atoms with van der Waals surface area (Å²) in [5, 5.41) is 3.64. The number of nitrogens with one attached hydrogen (secondary N) is 2. The second-order valence-electron chi connectivity index (χ2n) is 7.95. The third kappa shape index (κ3) is 3.74. The Bertz CT molecular complexity index is 1330. The van der Waals surface area contributed by atoms with Gasteiger partial charge in [-0.1, -0.05) is 6.07 Å². The number of imidazole rings is 1. The van der Waals surface area contributed by atoms with Gasteiger partial charge in [-0.05, 0) is 54.4 Å². The van der Waals surface area contributed by atoms with Gasteiger partial charge in [0.1, 0.15) is 11.9 Å². The van der Waals surface area contributed by atoms with Crippen molar-refractivity contribution >= 4 is 27.8 Å². The minimum atomic E-state index is -4.54. The van der Waals surface area contributed by atoms with Crippen molar-refractivity contribution in [2.45, 2.75) is 25.6 Å². The fraction of sp³-hybridized carbons (Fsp3) is 0.261. The molecular formula is C23H19F3N4O2. The van der Waals surface area contributed by atoms with Crippen LogP contribution in [0.2, 0.25) is 0 Å². The van der Waals surface area contributed by atoms with Gasteiger partial charge in [0.2, 0.25) is 11.7 Å². The number of benzene rings is 2. The van der Waals surface area contributed by atoms with Crippen LogP contribution < -0.4 is 10.1 Å². The molecule has 1 fully saturated rings. The van der Waals surface area contributed by atoms with Gasteiger partial charge in [-0.25, -0.2) is 4.98 Å². The molecule has 164 valence electrons. The molecule has 1 unspecified atom stereocenters. The van der Waals surface area contributed by atoms with E-state index in [9.17, 15) is 18.0 Å². The lowest BCUT2D eigenvalue weighted by atomic mass is 10.0. The van der Waals surface area contributed by atoms with E-state index < -0.39 is 12.0 Å². The molecule has 2 N–H and O–H groups in total. The highest BCUT2D eigenvalue weighted by Gasteiger charge is 2.34. The smallest absolute Gasteiger partial charge is 0.449 e. The molecule has 1 saturated heterocycles. The second kappa shape index (κ2) is 7.51. The first-order chi connectivity index (χ1) is 15.3. The monoisotopic (exact) mass is 440 g/mol. The number of fused-ring (bicyclic) bond motifs is 2. The van der Waals surface area contributed by atoms with Gasteiger partial charge < -0.3 is 15.0 Å². The van der Waals surface area contributed by atoms with Crippen molar-refractivity contribution in [2.24, 2.45) is 5.92 Å². The molecule has 6 nitrogen and oxygen atoms in total. The number of hydrogen-bond donors (Lipinski definition) is 2. The number of carbonyl (C=O) groups excluding carboxylic acids is 1. The molecule has 2 atom stereocenters. The maximum atomic E-state index is 13.0. The molecular weight excluding hydrogens is 421 g/mol. The van der Waals surface area contributed by atoms with E-state index in [0.717, 1.165) is 10.9 Å². The molecule has 1 aliphatic rings. The third-order valence-electron chi connectivity index (χ3n) is 5.75. The predicted octanol–water partition coefficient (Wildman–Crippen LogP) is 4.70. The lowest BCUT2D eigenvalue weighted by molar-refractivity contribution is -0.144. The zero-order chi connectivity index (χ0) is 22.5. The summed E-state index contributed by atoms with van der Waals surface area (Å²) in [6.45, 7) is 2.49. The van der Waals surface area contributed by atoms with E-state index >= 15 is 0 Å². The number of carbonyl (C=O) groups is 1. The van der Waals surface area contributed by atoms with Crippen molar-refractivity contribution in [3.8, 4) is 16.9 Å². The molecule has 1 aliphatic heterocycles. The van der Waals surface area contributed by atoms with Gasteiger partial charge in [0.15, 0.2) is 0 Å². The minimum Gasteiger partial charge on any atom is -0.490 e. The Morgan fingerprint density at radius 2 is 1.94 bits per heavy atom. The molecule has 0 aliphatic carbocycles. The normalized spacial score (nSPS) is 17.6. The first kappa shape index (κ1) is 20.3. The van der Waals surface area contributed by atoms with E-state index in [-0.39, 0.29) is 23.4 Å². The van der Waals surface area contributed by atoms with E-state index in [0.29, 0.717) is 35.3 Å². The Labute approximate surface area is 180 Å². The Morgan fingerprint density at radius 1 is 1.12 bits per heavy atom. The number of H-pyrrole nitrogens is 1. The first-order valence-electron chi connectivity index (χ1n) is 10.2. The summed E-state index contributed by atoms with van der Waals surface area (Å²) in [6.07, 6.45) is -2.67.